The van der Waals surface area contributed by atoms with Gasteiger partial charge in [-0.2, -0.15) is 0 Å². The number of nitrogens with zero attached hydrogens (tertiary/aromatic N) is 1. The van der Waals surface area contributed by atoms with Crippen LogP contribution in [0.4, 0.5) is 0 Å². The summed E-state index contributed by atoms with van der Waals surface area (Å²) in [6, 6.07) is 0. The van der Waals surface area contributed by atoms with Gasteiger partial charge in [0.25, 0.3) is 0 Å². The third-order valence-corrected chi connectivity index (χ3v) is 2.15. The van der Waals surface area contributed by atoms with Crippen LogP contribution >= 0.6 is 0 Å². The highest BCUT2D eigenvalue weighted by Gasteiger charge is 1.99. The predicted octanol–water partition coefficient (Wildman–Crippen LogP) is 5.35. The topological polar surface area (TPSA) is 12.4 Å². The van der Waals surface area contributed by atoms with Crippen molar-refractivity contribution in [3.8, 4) is 0 Å². The van der Waals surface area contributed by atoms with E-state index in [4.69, 9.17) is 0 Å². The van der Waals surface area contributed by atoms with E-state index in [0.29, 0.717) is 0 Å². The van der Waals surface area contributed by atoms with Gasteiger partial charge in [-0.15, -0.1) is 0 Å². The monoisotopic (exact) mass is 235 g/mol. The molecule has 98 valence electrons. The first-order valence-corrected chi connectivity index (χ1v) is 6.78. The Bertz CT molecular complexity index is 291. The molecule has 0 unspecified atom stereocenters. The van der Waals surface area contributed by atoms with Crippen LogP contribution in [0.15, 0.2) is 39.9 Å². The van der Waals surface area contributed by atoms with E-state index in [9.17, 15) is 0 Å². The third-order valence-electron chi connectivity index (χ3n) is 2.15. The van der Waals surface area contributed by atoms with Crippen LogP contribution in [0, 0.1) is 0 Å². The Morgan fingerprint density at radius 1 is 1.12 bits per heavy atom. The van der Waals surface area contributed by atoms with Crippen molar-refractivity contribution in [3.63, 3.8) is 0 Å². The summed E-state index contributed by atoms with van der Waals surface area (Å²) in [4.78, 5) is 4.25. The van der Waals surface area contributed by atoms with Crippen molar-refractivity contribution in [1.82, 2.24) is 0 Å². The van der Waals surface area contributed by atoms with Crippen LogP contribution in [0.25, 0.3) is 0 Å². The Hall–Kier alpha value is -1.11. The van der Waals surface area contributed by atoms with Crippen LogP contribution < -0.4 is 0 Å². The molecule has 0 aliphatic heterocycles. The molecule has 0 aromatic carbocycles. The van der Waals surface area contributed by atoms with Gasteiger partial charge < -0.3 is 0 Å². The molecule has 0 saturated heterocycles. The molecule has 0 amide bonds. The van der Waals surface area contributed by atoms with Gasteiger partial charge in [0, 0.05) is 12.8 Å². The second-order valence-corrected chi connectivity index (χ2v) is 3.35. The number of hydrogen-bond donors (Lipinski definition) is 0. The molecule has 0 radical (unpaired) electrons. The Balaban J connectivity index is 0. The Morgan fingerprint density at radius 3 is 2.24 bits per heavy atom. The smallest absolute Gasteiger partial charge is 0.0361 e. The predicted molar refractivity (Wildman–Crippen MR) is 81.9 cm³/mol. The van der Waals surface area contributed by atoms with Gasteiger partial charge in [0.15, 0.2) is 0 Å². The molecule has 0 saturated carbocycles. The third kappa shape index (κ3) is 8.67. The van der Waals surface area contributed by atoms with E-state index in [-0.39, 0.29) is 0 Å². The minimum absolute atomic E-state index is 0.854. The van der Waals surface area contributed by atoms with Crippen molar-refractivity contribution in [2.45, 2.75) is 54.9 Å². The standard InChI is InChI=1S/C12H17N.2C2H6/c1-4-13-9-12-8-6-10(2)5-7-11(12)3;2*1-2/h6-9H,4-5H2,1-3H3;2*1-2H3. The van der Waals surface area contributed by atoms with Crippen LogP contribution in [-0.4, -0.2) is 12.8 Å². The fourth-order valence-electron chi connectivity index (χ4n) is 1.20. The normalized spacial score (nSPS) is 14.4. The van der Waals surface area contributed by atoms with Crippen molar-refractivity contribution in [3.05, 3.63) is 34.9 Å². The SMILES string of the molecule is CC.CC.CCN=CC1=CC=C(C)CC=C1C. The van der Waals surface area contributed by atoms with Gasteiger partial charge in [-0.1, -0.05) is 51.5 Å². The lowest BCUT2D eigenvalue weighted by atomic mass is 10.1. The van der Waals surface area contributed by atoms with Gasteiger partial charge in [0.05, 0.1) is 0 Å². The second kappa shape index (κ2) is 13.0. The molecule has 0 heterocycles. The Kier molecular flexibility index (Phi) is 13.9. The quantitative estimate of drug-likeness (QED) is 0.572. The minimum atomic E-state index is 0.854. The zero-order chi connectivity index (χ0) is 13.7. The molecule has 0 aromatic rings. The number of allylic oxidation sites excluding steroid dienone is 6. The molecular weight excluding hydrogens is 206 g/mol. The summed E-state index contributed by atoms with van der Waals surface area (Å²) >= 11 is 0. The van der Waals surface area contributed by atoms with E-state index in [1.54, 1.807) is 0 Å². The molecule has 0 fully saturated rings. The summed E-state index contributed by atoms with van der Waals surface area (Å²) in [6.07, 6.45) is 9.59. The highest BCUT2D eigenvalue weighted by molar-refractivity contribution is 5.85. The second-order valence-electron chi connectivity index (χ2n) is 3.35. The fourth-order valence-corrected chi connectivity index (χ4v) is 1.20. The molecule has 17 heavy (non-hydrogen) atoms. The summed E-state index contributed by atoms with van der Waals surface area (Å²) < 4.78 is 0. The molecule has 0 aromatic heterocycles. The molecular formula is C16H29N. The van der Waals surface area contributed by atoms with Gasteiger partial charge in [-0.3, -0.25) is 4.99 Å². The van der Waals surface area contributed by atoms with E-state index in [1.807, 2.05) is 40.8 Å². The highest BCUT2D eigenvalue weighted by Crippen LogP contribution is 2.15. The molecule has 0 N–H and O–H groups in total. The summed E-state index contributed by atoms with van der Waals surface area (Å²) in [5.74, 6) is 0. The molecule has 1 nitrogen and oxygen atoms in total. The molecule has 1 aliphatic carbocycles. The first-order valence-electron chi connectivity index (χ1n) is 6.78. The Morgan fingerprint density at radius 2 is 1.71 bits per heavy atom. The van der Waals surface area contributed by atoms with Crippen molar-refractivity contribution < 1.29 is 0 Å². The number of rotatable bonds is 2. The summed E-state index contributed by atoms with van der Waals surface area (Å²) in [7, 11) is 0. The zero-order valence-corrected chi connectivity index (χ0v) is 12.7. The van der Waals surface area contributed by atoms with Crippen LogP contribution in [0.3, 0.4) is 0 Å². The van der Waals surface area contributed by atoms with Gasteiger partial charge in [0.2, 0.25) is 0 Å². The van der Waals surface area contributed by atoms with Gasteiger partial charge in [-0.25, -0.2) is 0 Å². The molecule has 0 atom stereocenters. The lowest BCUT2D eigenvalue weighted by Gasteiger charge is -1.98. The van der Waals surface area contributed by atoms with Crippen molar-refractivity contribution >= 4 is 6.21 Å². The van der Waals surface area contributed by atoms with Crippen LogP contribution in [0.5, 0.6) is 0 Å². The lowest BCUT2D eigenvalue weighted by Crippen LogP contribution is -1.87. The van der Waals surface area contributed by atoms with Crippen LogP contribution in [0.2, 0.25) is 0 Å². The summed E-state index contributed by atoms with van der Waals surface area (Å²) in [5.41, 5.74) is 3.96. The van der Waals surface area contributed by atoms with Gasteiger partial charge >= 0.3 is 0 Å². The van der Waals surface area contributed by atoms with E-state index < -0.39 is 0 Å². The summed E-state index contributed by atoms with van der Waals surface area (Å²) in [6.45, 7) is 15.2. The number of hydrogen-bond acceptors (Lipinski definition) is 1. The van der Waals surface area contributed by atoms with Gasteiger partial charge in [-0.05, 0) is 38.3 Å². The molecule has 1 aliphatic rings. The van der Waals surface area contributed by atoms with Crippen molar-refractivity contribution in [2.24, 2.45) is 4.99 Å². The molecule has 0 spiro atoms. The van der Waals surface area contributed by atoms with E-state index in [1.165, 1.54) is 16.7 Å². The number of aliphatic imine (C=N–C) groups is 1. The van der Waals surface area contributed by atoms with E-state index in [0.717, 1.165) is 13.0 Å². The minimum Gasteiger partial charge on any atom is -0.293 e. The maximum absolute atomic E-state index is 4.25. The van der Waals surface area contributed by atoms with Crippen LogP contribution in [0.1, 0.15) is 54.9 Å². The lowest BCUT2D eigenvalue weighted by molar-refractivity contribution is 1.14. The zero-order valence-electron chi connectivity index (χ0n) is 12.7. The average Bonchev–Trinajstić information content (AvgIpc) is 2.55. The molecule has 1 rings (SSSR count). The van der Waals surface area contributed by atoms with Gasteiger partial charge in [0.1, 0.15) is 0 Å². The first-order chi connectivity index (χ1) is 8.24. The largest absolute Gasteiger partial charge is 0.293 e. The van der Waals surface area contributed by atoms with Crippen molar-refractivity contribution in [1.29, 1.82) is 0 Å². The van der Waals surface area contributed by atoms with E-state index >= 15 is 0 Å². The fraction of sp³-hybridized carbons (Fsp3) is 0.562. The molecule has 0 bridgehead atoms. The Labute approximate surface area is 108 Å². The molecule has 1 heteroatoms. The first kappa shape index (κ1) is 18.3. The van der Waals surface area contributed by atoms with Crippen LogP contribution in [-0.2, 0) is 0 Å². The van der Waals surface area contributed by atoms with Crippen molar-refractivity contribution in [2.75, 3.05) is 6.54 Å². The van der Waals surface area contributed by atoms with E-state index in [2.05, 4.69) is 37.1 Å². The maximum atomic E-state index is 4.25. The maximum Gasteiger partial charge on any atom is 0.0361 e. The average molecular weight is 235 g/mol. The highest BCUT2D eigenvalue weighted by atomic mass is 14.7. The summed E-state index contributed by atoms with van der Waals surface area (Å²) in [5, 5.41) is 0.